The normalized spacial score (nSPS) is 20.2. The van der Waals surface area contributed by atoms with Crippen molar-refractivity contribution in [2.45, 2.75) is 12.5 Å². The molecule has 2 aromatic heterocycles. The number of anilines is 3. The molecular formula is C18H22ClFN6O. The van der Waals surface area contributed by atoms with Gasteiger partial charge in [0, 0.05) is 51.7 Å². The summed E-state index contributed by atoms with van der Waals surface area (Å²) in [6.45, 7) is 4.40. The molecule has 2 aliphatic heterocycles. The Morgan fingerprint density at radius 3 is 2.81 bits per heavy atom. The second-order valence-corrected chi connectivity index (χ2v) is 7.21. The number of rotatable bonds is 4. The van der Waals surface area contributed by atoms with Gasteiger partial charge in [-0.15, -0.1) is 0 Å². The van der Waals surface area contributed by atoms with Crippen molar-refractivity contribution >= 4 is 29.2 Å². The van der Waals surface area contributed by atoms with E-state index in [1.165, 1.54) is 12.3 Å². The summed E-state index contributed by atoms with van der Waals surface area (Å²) in [6.07, 6.45) is 4.17. The molecular weight excluding hydrogens is 371 g/mol. The number of aromatic nitrogens is 3. The summed E-state index contributed by atoms with van der Waals surface area (Å²) >= 11 is 5.81. The number of hydrogen-bond donors (Lipinski definition) is 0. The zero-order valence-corrected chi connectivity index (χ0v) is 15.9. The van der Waals surface area contributed by atoms with Gasteiger partial charge in [0.2, 0.25) is 5.95 Å². The molecule has 9 heteroatoms. The maximum atomic E-state index is 14.2. The van der Waals surface area contributed by atoms with Crippen molar-refractivity contribution in [3.63, 3.8) is 0 Å². The summed E-state index contributed by atoms with van der Waals surface area (Å²) in [7, 11) is 2.02. The molecule has 1 atom stereocenters. The second-order valence-electron chi connectivity index (χ2n) is 6.77. The van der Waals surface area contributed by atoms with Crippen molar-refractivity contribution < 1.29 is 9.13 Å². The lowest BCUT2D eigenvalue weighted by molar-refractivity contribution is 0.122. The smallest absolute Gasteiger partial charge is 0.227 e. The molecule has 2 aromatic rings. The van der Waals surface area contributed by atoms with Gasteiger partial charge in [-0.2, -0.15) is 4.98 Å². The monoisotopic (exact) mass is 392 g/mol. The van der Waals surface area contributed by atoms with E-state index in [2.05, 4.69) is 19.8 Å². The number of morpholine rings is 1. The van der Waals surface area contributed by atoms with E-state index in [1.807, 2.05) is 18.0 Å². The van der Waals surface area contributed by atoms with Crippen LogP contribution < -0.4 is 14.7 Å². The molecule has 27 heavy (non-hydrogen) atoms. The summed E-state index contributed by atoms with van der Waals surface area (Å²) < 4.78 is 19.6. The van der Waals surface area contributed by atoms with E-state index >= 15 is 0 Å². The van der Waals surface area contributed by atoms with Crippen LogP contribution in [0, 0.1) is 5.82 Å². The molecule has 4 rings (SSSR count). The molecule has 0 radical (unpaired) electrons. The predicted molar refractivity (Wildman–Crippen MR) is 103 cm³/mol. The van der Waals surface area contributed by atoms with Gasteiger partial charge in [-0.05, 0) is 18.6 Å². The molecule has 2 aliphatic rings. The van der Waals surface area contributed by atoms with Gasteiger partial charge in [0.25, 0.3) is 0 Å². The van der Waals surface area contributed by atoms with Crippen LogP contribution in [-0.2, 0) is 4.74 Å². The summed E-state index contributed by atoms with van der Waals surface area (Å²) in [4.78, 5) is 19.5. The van der Waals surface area contributed by atoms with Gasteiger partial charge >= 0.3 is 0 Å². The highest BCUT2D eigenvalue weighted by atomic mass is 35.5. The van der Waals surface area contributed by atoms with Crippen molar-refractivity contribution in [1.82, 2.24) is 15.0 Å². The van der Waals surface area contributed by atoms with E-state index in [0.717, 1.165) is 37.8 Å². The van der Waals surface area contributed by atoms with Crippen molar-refractivity contribution in [3.05, 3.63) is 35.4 Å². The standard InChI is InChI=1S/C18H22ClFN6O/c1-24(16-2-4-21-18(23-16)25-6-8-27-9-7-25)14-3-5-26(12-14)17-15(20)10-13(19)11-22-17/h2,4,10-11,14H,3,5-9,12H2,1H3. The highest BCUT2D eigenvalue weighted by molar-refractivity contribution is 6.30. The highest BCUT2D eigenvalue weighted by Crippen LogP contribution is 2.27. The fourth-order valence-corrected chi connectivity index (χ4v) is 3.67. The van der Waals surface area contributed by atoms with E-state index in [4.69, 9.17) is 21.3 Å². The van der Waals surface area contributed by atoms with Crippen LogP contribution in [0.1, 0.15) is 6.42 Å². The maximum Gasteiger partial charge on any atom is 0.227 e. The van der Waals surface area contributed by atoms with E-state index in [9.17, 15) is 4.39 Å². The average Bonchev–Trinajstić information content (AvgIpc) is 3.18. The van der Waals surface area contributed by atoms with Crippen LogP contribution in [0.5, 0.6) is 0 Å². The number of hydrogen-bond acceptors (Lipinski definition) is 7. The van der Waals surface area contributed by atoms with Crippen LogP contribution in [-0.4, -0.2) is 67.4 Å². The molecule has 0 aromatic carbocycles. The molecule has 0 bridgehead atoms. The first-order chi connectivity index (χ1) is 13.1. The summed E-state index contributed by atoms with van der Waals surface area (Å²) in [5, 5.41) is 0.306. The molecule has 7 nitrogen and oxygen atoms in total. The van der Waals surface area contributed by atoms with Gasteiger partial charge in [0.05, 0.1) is 18.2 Å². The topological polar surface area (TPSA) is 57.6 Å². The lowest BCUT2D eigenvalue weighted by Gasteiger charge is -2.29. The zero-order chi connectivity index (χ0) is 18.8. The lowest BCUT2D eigenvalue weighted by atomic mass is 10.2. The summed E-state index contributed by atoms with van der Waals surface area (Å²) in [5.74, 6) is 1.56. The van der Waals surface area contributed by atoms with E-state index in [0.29, 0.717) is 30.6 Å². The fraction of sp³-hybridized carbons (Fsp3) is 0.500. The minimum absolute atomic E-state index is 0.217. The molecule has 1 unspecified atom stereocenters. The Kier molecular flexibility index (Phi) is 5.27. The van der Waals surface area contributed by atoms with Crippen molar-refractivity contribution in [1.29, 1.82) is 0 Å². The Bertz CT molecular complexity index is 803. The van der Waals surface area contributed by atoms with Gasteiger partial charge in [-0.1, -0.05) is 11.6 Å². The van der Waals surface area contributed by atoms with Gasteiger partial charge in [0.1, 0.15) is 5.82 Å². The van der Waals surface area contributed by atoms with Crippen molar-refractivity contribution in [2.75, 3.05) is 61.1 Å². The van der Waals surface area contributed by atoms with Crippen LogP contribution >= 0.6 is 11.6 Å². The minimum atomic E-state index is -0.387. The average molecular weight is 393 g/mol. The summed E-state index contributed by atoms with van der Waals surface area (Å²) in [5.41, 5.74) is 0. The fourth-order valence-electron chi connectivity index (χ4n) is 3.53. The lowest BCUT2D eigenvalue weighted by Crippen LogP contribution is -2.38. The first-order valence-electron chi connectivity index (χ1n) is 9.06. The Morgan fingerprint density at radius 2 is 2.04 bits per heavy atom. The SMILES string of the molecule is CN(c1ccnc(N2CCOCC2)n1)C1CCN(c2ncc(Cl)cc2F)C1. The van der Waals surface area contributed by atoms with Crippen molar-refractivity contribution in [3.8, 4) is 0 Å². The highest BCUT2D eigenvalue weighted by Gasteiger charge is 2.29. The number of nitrogens with zero attached hydrogens (tertiary/aromatic N) is 6. The Labute approximate surface area is 162 Å². The Hall–Kier alpha value is -2.19. The third-order valence-corrected chi connectivity index (χ3v) is 5.29. The van der Waals surface area contributed by atoms with Gasteiger partial charge in [-0.25, -0.2) is 14.4 Å². The molecule has 0 saturated carbocycles. The van der Waals surface area contributed by atoms with Crippen LogP contribution in [0.25, 0.3) is 0 Å². The second kappa shape index (κ2) is 7.82. The Balaban J connectivity index is 1.46. The molecule has 4 heterocycles. The number of likely N-dealkylation sites (N-methyl/N-ethyl adjacent to an activating group) is 1. The van der Waals surface area contributed by atoms with Gasteiger partial charge in [-0.3, -0.25) is 0 Å². The van der Waals surface area contributed by atoms with Crippen LogP contribution in [0.4, 0.5) is 22.0 Å². The van der Waals surface area contributed by atoms with E-state index < -0.39 is 0 Å². The molecule has 0 spiro atoms. The third-order valence-electron chi connectivity index (χ3n) is 5.08. The first kappa shape index (κ1) is 18.2. The van der Waals surface area contributed by atoms with Crippen LogP contribution in [0.2, 0.25) is 5.02 Å². The van der Waals surface area contributed by atoms with E-state index in [-0.39, 0.29) is 11.9 Å². The molecule has 144 valence electrons. The molecule has 2 fully saturated rings. The quantitative estimate of drug-likeness (QED) is 0.790. The number of pyridine rings is 1. The minimum Gasteiger partial charge on any atom is -0.378 e. The molecule has 2 saturated heterocycles. The predicted octanol–water partition coefficient (Wildman–Crippen LogP) is 2.22. The zero-order valence-electron chi connectivity index (χ0n) is 15.2. The largest absolute Gasteiger partial charge is 0.378 e. The number of ether oxygens (including phenoxy) is 1. The Morgan fingerprint density at radius 1 is 1.22 bits per heavy atom. The van der Waals surface area contributed by atoms with Crippen molar-refractivity contribution in [2.24, 2.45) is 0 Å². The summed E-state index contributed by atoms with van der Waals surface area (Å²) in [6, 6.07) is 3.43. The number of halogens is 2. The van der Waals surface area contributed by atoms with Crippen LogP contribution in [0.3, 0.4) is 0 Å². The van der Waals surface area contributed by atoms with E-state index in [1.54, 1.807) is 6.20 Å². The molecule has 0 aliphatic carbocycles. The molecule has 0 N–H and O–H groups in total. The third kappa shape index (κ3) is 3.91. The molecule has 0 amide bonds. The van der Waals surface area contributed by atoms with Gasteiger partial charge < -0.3 is 19.4 Å². The van der Waals surface area contributed by atoms with Gasteiger partial charge in [0.15, 0.2) is 11.6 Å². The first-order valence-corrected chi connectivity index (χ1v) is 9.44. The maximum absolute atomic E-state index is 14.2. The van der Waals surface area contributed by atoms with Crippen LogP contribution in [0.15, 0.2) is 24.5 Å².